The highest BCUT2D eigenvalue weighted by atomic mass is 16.5. The van der Waals surface area contributed by atoms with Gasteiger partial charge in [0, 0.05) is 6.54 Å². The third kappa shape index (κ3) is 4.08. The van der Waals surface area contributed by atoms with Crippen molar-refractivity contribution in [3.63, 3.8) is 0 Å². The van der Waals surface area contributed by atoms with E-state index >= 15 is 0 Å². The first-order valence-electron chi connectivity index (χ1n) is 7.58. The van der Waals surface area contributed by atoms with Crippen LogP contribution in [0.3, 0.4) is 0 Å². The number of carbonyl (C=O) groups is 1. The minimum atomic E-state index is -0.425. The molecule has 1 fully saturated rings. The van der Waals surface area contributed by atoms with Crippen molar-refractivity contribution in [1.29, 1.82) is 0 Å². The summed E-state index contributed by atoms with van der Waals surface area (Å²) in [4.78, 5) is 16.1. The summed E-state index contributed by atoms with van der Waals surface area (Å²) < 4.78 is 10.3. The van der Waals surface area contributed by atoms with E-state index in [2.05, 4.69) is 35.6 Å². The van der Waals surface area contributed by atoms with Gasteiger partial charge < -0.3 is 14.1 Å². The Hall–Kier alpha value is -1.33. The first-order chi connectivity index (χ1) is 10.0. The zero-order chi connectivity index (χ0) is 15.4. The normalized spacial score (nSPS) is 18.9. The number of likely N-dealkylation sites (tertiary alicyclic amines) is 1. The Bertz CT molecular complexity index is 464. The van der Waals surface area contributed by atoms with Gasteiger partial charge in [0.05, 0.1) is 13.2 Å². The van der Waals surface area contributed by atoms with Crippen LogP contribution in [0.5, 0.6) is 0 Å². The van der Waals surface area contributed by atoms with Crippen molar-refractivity contribution in [3.05, 3.63) is 23.7 Å². The third-order valence-electron chi connectivity index (χ3n) is 4.47. The molecule has 0 radical (unpaired) electrons. The third-order valence-corrected chi connectivity index (χ3v) is 4.47. The molecule has 0 N–H and O–H groups in total. The molecule has 0 aliphatic carbocycles. The van der Waals surface area contributed by atoms with Crippen molar-refractivity contribution in [3.8, 4) is 0 Å². The van der Waals surface area contributed by atoms with E-state index in [1.807, 2.05) is 6.07 Å². The summed E-state index contributed by atoms with van der Waals surface area (Å²) in [5, 5.41) is 0. The number of carbonyl (C=O) groups excluding carboxylic acids is 1. The molecule has 0 aromatic carbocycles. The van der Waals surface area contributed by atoms with Crippen LogP contribution in [0.2, 0.25) is 0 Å². The zero-order valence-electron chi connectivity index (χ0n) is 13.5. The largest absolute Gasteiger partial charge is 0.463 e. The van der Waals surface area contributed by atoms with Crippen molar-refractivity contribution < 1.29 is 13.9 Å². The second-order valence-corrected chi connectivity index (χ2v) is 6.06. The Morgan fingerprint density at radius 1 is 1.48 bits per heavy atom. The second kappa shape index (κ2) is 7.09. The molecule has 1 aliphatic rings. The van der Waals surface area contributed by atoms with Gasteiger partial charge in [0.15, 0.2) is 0 Å². The fraction of sp³-hybridized carbons (Fsp3) is 0.688. The van der Waals surface area contributed by atoms with Gasteiger partial charge >= 0.3 is 5.97 Å². The molecule has 0 bridgehead atoms. The monoisotopic (exact) mass is 294 g/mol. The summed E-state index contributed by atoms with van der Waals surface area (Å²) in [5.74, 6) is 1.40. The molecule has 1 atom stereocenters. The fourth-order valence-corrected chi connectivity index (χ4v) is 2.81. The van der Waals surface area contributed by atoms with Crippen LogP contribution >= 0.6 is 0 Å². The highest BCUT2D eigenvalue weighted by Gasteiger charge is 2.23. The number of hydrogen-bond acceptors (Lipinski definition) is 5. The molecule has 1 aromatic heterocycles. The molecule has 21 heavy (non-hydrogen) atoms. The lowest BCUT2D eigenvalue weighted by atomic mass is 9.96. The van der Waals surface area contributed by atoms with Crippen molar-refractivity contribution in [2.24, 2.45) is 5.92 Å². The molecule has 0 amide bonds. The van der Waals surface area contributed by atoms with Crippen molar-refractivity contribution >= 4 is 5.97 Å². The molecule has 1 aliphatic heterocycles. The topological polar surface area (TPSA) is 45.9 Å². The molecule has 1 aromatic rings. The lowest BCUT2D eigenvalue weighted by molar-refractivity contribution is 0.0558. The van der Waals surface area contributed by atoms with Crippen LogP contribution in [0.4, 0.5) is 0 Å². The molecule has 0 saturated carbocycles. The Morgan fingerprint density at radius 2 is 2.14 bits per heavy atom. The average Bonchev–Trinajstić information content (AvgIpc) is 2.97. The van der Waals surface area contributed by atoms with Gasteiger partial charge in [0.1, 0.15) is 5.76 Å². The molecule has 1 unspecified atom stereocenters. The summed E-state index contributed by atoms with van der Waals surface area (Å²) in [6.45, 7) is 5.53. The first kappa shape index (κ1) is 16.0. The molecular formula is C16H26N2O3. The van der Waals surface area contributed by atoms with Gasteiger partial charge in [-0.15, -0.1) is 0 Å². The summed E-state index contributed by atoms with van der Waals surface area (Å²) in [6.07, 6.45) is 2.50. The number of furan rings is 1. The van der Waals surface area contributed by atoms with Crippen LogP contribution < -0.4 is 0 Å². The van der Waals surface area contributed by atoms with Crippen LogP contribution in [0.15, 0.2) is 16.5 Å². The predicted octanol–water partition coefficient (Wildman–Crippen LogP) is 2.40. The van der Waals surface area contributed by atoms with Crippen LogP contribution in [-0.2, 0) is 4.74 Å². The number of hydrogen-bond donors (Lipinski definition) is 0. The maximum atomic E-state index is 11.4. The fourth-order valence-electron chi connectivity index (χ4n) is 2.81. The van der Waals surface area contributed by atoms with Gasteiger partial charge in [-0.05, 0) is 65.0 Å². The molecule has 0 spiro atoms. The highest BCUT2D eigenvalue weighted by Crippen LogP contribution is 2.25. The quantitative estimate of drug-likeness (QED) is 0.780. The second-order valence-electron chi connectivity index (χ2n) is 6.06. The Balaban J connectivity index is 1.91. The van der Waals surface area contributed by atoms with E-state index < -0.39 is 5.97 Å². The number of methoxy groups -OCH3 is 1. The van der Waals surface area contributed by atoms with Crippen molar-refractivity contribution in [1.82, 2.24) is 9.80 Å². The van der Waals surface area contributed by atoms with Crippen LogP contribution in [0.1, 0.15) is 42.1 Å². The smallest absolute Gasteiger partial charge is 0.373 e. The van der Waals surface area contributed by atoms with Gasteiger partial charge in [-0.1, -0.05) is 0 Å². The molecule has 118 valence electrons. The molecule has 2 heterocycles. The highest BCUT2D eigenvalue weighted by molar-refractivity contribution is 5.86. The standard InChI is InChI=1S/C16H26N2O3/c1-12(14-5-6-15(21-14)16(19)20-4)18(3)11-13-7-9-17(2)10-8-13/h5-6,12-13H,7-11H2,1-4H3. The average molecular weight is 294 g/mol. The maximum absolute atomic E-state index is 11.4. The lowest BCUT2D eigenvalue weighted by Crippen LogP contribution is -2.36. The Labute approximate surface area is 126 Å². The van der Waals surface area contributed by atoms with Crippen LogP contribution in [0, 0.1) is 5.92 Å². The Kier molecular flexibility index (Phi) is 5.42. The van der Waals surface area contributed by atoms with Gasteiger partial charge in [-0.25, -0.2) is 4.79 Å². The van der Waals surface area contributed by atoms with E-state index in [4.69, 9.17) is 4.42 Å². The molecule has 2 rings (SSSR count). The number of rotatable bonds is 5. The van der Waals surface area contributed by atoms with Gasteiger partial charge in [0.25, 0.3) is 0 Å². The van der Waals surface area contributed by atoms with E-state index in [1.165, 1.54) is 33.0 Å². The van der Waals surface area contributed by atoms with Crippen molar-refractivity contribution in [2.75, 3.05) is 40.8 Å². The predicted molar refractivity (Wildman–Crippen MR) is 81.3 cm³/mol. The summed E-state index contributed by atoms with van der Waals surface area (Å²) in [7, 11) is 5.66. The van der Waals surface area contributed by atoms with E-state index in [9.17, 15) is 4.79 Å². The van der Waals surface area contributed by atoms with Gasteiger partial charge in [-0.3, -0.25) is 4.90 Å². The molecule has 5 heteroatoms. The number of esters is 1. The number of ether oxygens (including phenoxy) is 1. The number of piperidine rings is 1. The van der Waals surface area contributed by atoms with Gasteiger partial charge in [0.2, 0.25) is 5.76 Å². The molecule has 5 nitrogen and oxygen atoms in total. The summed E-state index contributed by atoms with van der Waals surface area (Å²) in [6, 6.07) is 3.70. The molecule has 1 saturated heterocycles. The minimum absolute atomic E-state index is 0.156. The van der Waals surface area contributed by atoms with E-state index in [0.717, 1.165) is 18.2 Å². The van der Waals surface area contributed by atoms with E-state index in [0.29, 0.717) is 0 Å². The van der Waals surface area contributed by atoms with E-state index in [-0.39, 0.29) is 11.8 Å². The lowest BCUT2D eigenvalue weighted by Gasteiger charge is -2.33. The van der Waals surface area contributed by atoms with Gasteiger partial charge in [-0.2, -0.15) is 0 Å². The summed E-state index contributed by atoms with van der Waals surface area (Å²) >= 11 is 0. The maximum Gasteiger partial charge on any atom is 0.373 e. The Morgan fingerprint density at radius 3 is 2.76 bits per heavy atom. The minimum Gasteiger partial charge on any atom is -0.463 e. The molecular weight excluding hydrogens is 268 g/mol. The van der Waals surface area contributed by atoms with Crippen molar-refractivity contribution in [2.45, 2.75) is 25.8 Å². The first-order valence-corrected chi connectivity index (χ1v) is 7.58. The SMILES string of the molecule is COC(=O)c1ccc(C(C)N(C)CC2CCN(C)CC2)o1. The zero-order valence-corrected chi connectivity index (χ0v) is 13.5. The summed E-state index contributed by atoms with van der Waals surface area (Å²) in [5.41, 5.74) is 0. The van der Waals surface area contributed by atoms with Crippen LogP contribution in [0.25, 0.3) is 0 Å². The van der Waals surface area contributed by atoms with E-state index in [1.54, 1.807) is 6.07 Å². The van der Waals surface area contributed by atoms with Crippen LogP contribution in [-0.4, -0.2) is 56.6 Å². The number of nitrogens with zero attached hydrogens (tertiary/aromatic N) is 2.